The highest BCUT2D eigenvalue weighted by molar-refractivity contribution is 7.89. The summed E-state index contributed by atoms with van der Waals surface area (Å²) in [7, 11) is -4.52. The SMILES string of the molecule is [2H]c1c([2H])c(S(=O)(=O)N[C@H](CO)CC=C)c([2H])c([2H])c1C([2H])([2H])[2H]. The molecule has 2 N–H and O–H groups in total. The first-order valence-corrected chi connectivity index (χ1v) is 6.21. The van der Waals surface area contributed by atoms with Crippen LogP contribution in [0.15, 0.2) is 41.7 Å². The molecule has 0 aliphatic heterocycles. The van der Waals surface area contributed by atoms with Crippen molar-refractivity contribution in [3.63, 3.8) is 0 Å². The van der Waals surface area contributed by atoms with Crippen molar-refractivity contribution in [1.29, 1.82) is 0 Å². The number of rotatable bonds is 6. The van der Waals surface area contributed by atoms with E-state index in [0.717, 1.165) is 0 Å². The minimum absolute atomic E-state index is 0.0746. The van der Waals surface area contributed by atoms with Crippen molar-refractivity contribution in [2.45, 2.75) is 24.2 Å². The third kappa shape index (κ3) is 3.96. The van der Waals surface area contributed by atoms with E-state index in [4.69, 9.17) is 14.7 Å². The van der Waals surface area contributed by atoms with Crippen LogP contribution in [-0.2, 0) is 10.0 Å². The van der Waals surface area contributed by atoms with E-state index in [-0.39, 0.29) is 6.42 Å². The molecule has 17 heavy (non-hydrogen) atoms. The van der Waals surface area contributed by atoms with Gasteiger partial charge in [-0.3, -0.25) is 0 Å². The Morgan fingerprint density at radius 2 is 2.24 bits per heavy atom. The van der Waals surface area contributed by atoms with Crippen molar-refractivity contribution in [2.75, 3.05) is 6.61 Å². The maximum absolute atomic E-state index is 12.4. The fraction of sp³-hybridized carbons (Fsp3) is 0.333. The first kappa shape index (κ1) is 6.68. The van der Waals surface area contributed by atoms with Gasteiger partial charge in [-0.25, -0.2) is 13.1 Å². The van der Waals surface area contributed by atoms with Crippen LogP contribution in [0.5, 0.6) is 0 Å². The smallest absolute Gasteiger partial charge is 0.240 e. The maximum Gasteiger partial charge on any atom is 0.240 e. The number of sulfonamides is 1. The summed E-state index contributed by atoms with van der Waals surface area (Å²) in [5.74, 6) is 0. The van der Waals surface area contributed by atoms with E-state index in [9.17, 15) is 8.42 Å². The van der Waals surface area contributed by atoms with E-state index in [0.29, 0.717) is 0 Å². The Hall–Kier alpha value is -1.17. The van der Waals surface area contributed by atoms with Crippen LogP contribution in [0.4, 0.5) is 0 Å². The monoisotopic (exact) mass is 262 g/mol. The van der Waals surface area contributed by atoms with E-state index in [1.807, 2.05) is 0 Å². The second kappa shape index (κ2) is 5.95. The highest BCUT2D eigenvalue weighted by atomic mass is 32.2. The van der Waals surface area contributed by atoms with Gasteiger partial charge in [0.2, 0.25) is 10.0 Å². The average molecular weight is 262 g/mol. The van der Waals surface area contributed by atoms with Gasteiger partial charge >= 0.3 is 0 Å². The fourth-order valence-corrected chi connectivity index (χ4v) is 2.17. The van der Waals surface area contributed by atoms with E-state index in [1.54, 1.807) is 0 Å². The highest BCUT2D eigenvalue weighted by Gasteiger charge is 2.18. The largest absolute Gasteiger partial charge is 0.395 e. The third-order valence-corrected chi connectivity index (χ3v) is 3.25. The van der Waals surface area contributed by atoms with Gasteiger partial charge in [0.25, 0.3) is 0 Å². The molecule has 0 saturated heterocycles. The molecule has 5 heteroatoms. The summed E-state index contributed by atoms with van der Waals surface area (Å²) in [6, 6.07) is -4.81. The summed E-state index contributed by atoms with van der Waals surface area (Å²) in [6.45, 7) is -0.0827. The highest BCUT2D eigenvalue weighted by Crippen LogP contribution is 2.11. The zero-order valence-electron chi connectivity index (χ0n) is 15.9. The lowest BCUT2D eigenvalue weighted by molar-refractivity contribution is 0.257. The second-order valence-corrected chi connectivity index (χ2v) is 4.88. The molecule has 0 radical (unpaired) electrons. The van der Waals surface area contributed by atoms with Crippen LogP contribution in [0.1, 0.15) is 21.6 Å². The summed E-state index contributed by atoms with van der Waals surface area (Å²) in [6.07, 6.45) is 1.43. The molecule has 1 aromatic carbocycles. The molecule has 0 amide bonds. The van der Waals surface area contributed by atoms with Gasteiger partial charge in [-0.05, 0) is 25.4 Å². The quantitative estimate of drug-likeness (QED) is 0.757. The molecule has 1 aromatic rings. The molecule has 0 heterocycles. The van der Waals surface area contributed by atoms with Gasteiger partial charge in [0.15, 0.2) is 0 Å². The maximum atomic E-state index is 12.4. The molecular formula is C12H17NO3S. The van der Waals surface area contributed by atoms with Crippen LogP contribution in [0.2, 0.25) is 0 Å². The normalized spacial score (nSPS) is 19.9. The Morgan fingerprint density at radius 3 is 2.71 bits per heavy atom. The van der Waals surface area contributed by atoms with Gasteiger partial charge in [0, 0.05) is 10.2 Å². The fourth-order valence-electron chi connectivity index (χ4n) is 1.07. The van der Waals surface area contributed by atoms with Crippen molar-refractivity contribution in [3.8, 4) is 0 Å². The molecule has 0 bridgehead atoms. The van der Waals surface area contributed by atoms with Crippen molar-refractivity contribution < 1.29 is 23.1 Å². The molecular weight excluding hydrogens is 238 g/mol. The van der Waals surface area contributed by atoms with Gasteiger partial charge in [-0.15, -0.1) is 6.58 Å². The second-order valence-electron chi connectivity index (χ2n) is 3.23. The van der Waals surface area contributed by atoms with Crippen LogP contribution >= 0.6 is 0 Å². The number of benzene rings is 1. The molecule has 0 aliphatic carbocycles. The number of aliphatic hydroxyl groups is 1. The molecule has 0 saturated carbocycles. The van der Waals surface area contributed by atoms with Gasteiger partial charge in [-0.2, -0.15) is 0 Å². The van der Waals surface area contributed by atoms with Gasteiger partial charge in [0.05, 0.1) is 17.0 Å². The van der Waals surface area contributed by atoms with Crippen LogP contribution in [0.25, 0.3) is 0 Å². The molecule has 0 spiro atoms. The summed E-state index contributed by atoms with van der Waals surface area (Å²) in [4.78, 5) is -0.965. The van der Waals surface area contributed by atoms with Crippen molar-refractivity contribution in [2.24, 2.45) is 0 Å². The standard InChI is InChI=1S/C12H17NO3S/c1-3-4-11(9-14)13-17(15,16)12-7-5-10(2)6-8-12/h3,5-8,11,13-14H,1,4,9H2,2H3/t11-/m0/s1/i2D3,5D,6D,7D,8D. The number of hydrogen-bond donors (Lipinski definition) is 2. The number of hydrogen-bond acceptors (Lipinski definition) is 3. The van der Waals surface area contributed by atoms with Crippen LogP contribution < -0.4 is 4.72 Å². The van der Waals surface area contributed by atoms with Crippen LogP contribution in [0, 0.1) is 6.85 Å². The Kier molecular flexibility index (Phi) is 2.34. The van der Waals surface area contributed by atoms with Gasteiger partial charge in [-0.1, -0.05) is 23.7 Å². The van der Waals surface area contributed by atoms with Crippen molar-refractivity contribution in [3.05, 3.63) is 42.4 Å². The van der Waals surface area contributed by atoms with Crippen LogP contribution in [0.3, 0.4) is 0 Å². The topological polar surface area (TPSA) is 66.4 Å². The summed E-state index contributed by atoms with van der Waals surface area (Å²) in [5.41, 5.74) is -0.846. The molecule has 0 aromatic heterocycles. The number of aliphatic hydroxyl groups excluding tert-OH is 1. The molecule has 1 rings (SSSR count). The molecule has 0 unspecified atom stereocenters. The lowest BCUT2D eigenvalue weighted by Gasteiger charge is -2.14. The average Bonchev–Trinajstić information content (AvgIpc) is 2.43. The first-order valence-electron chi connectivity index (χ1n) is 8.23. The molecule has 94 valence electrons. The van der Waals surface area contributed by atoms with E-state index in [1.165, 1.54) is 6.08 Å². The van der Waals surface area contributed by atoms with Crippen LogP contribution in [-0.4, -0.2) is 26.2 Å². The summed E-state index contributed by atoms with van der Waals surface area (Å²) < 4.78 is 79.6. The first-order chi connectivity index (χ1) is 10.9. The third-order valence-electron chi connectivity index (χ3n) is 1.86. The summed E-state index contributed by atoms with van der Waals surface area (Å²) in [5, 5.41) is 9.15. The molecule has 0 aliphatic rings. The zero-order valence-corrected chi connectivity index (χ0v) is 9.76. The molecule has 4 nitrogen and oxygen atoms in total. The lowest BCUT2D eigenvalue weighted by atomic mass is 10.2. The Labute approximate surface area is 112 Å². The Balaban J connectivity index is 3.59. The predicted octanol–water partition coefficient (Wildman–Crippen LogP) is 1.21. The Morgan fingerprint density at radius 1 is 1.59 bits per heavy atom. The number of nitrogens with one attached hydrogen (secondary N) is 1. The van der Waals surface area contributed by atoms with Gasteiger partial charge < -0.3 is 5.11 Å². The minimum atomic E-state index is -4.52. The predicted molar refractivity (Wildman–Crippen MR) is 67.2 cm³/mol. The zero-order chi connectivity index (χ0) is 18.9. The lowest BCUT2D eigenvalue weighted by Crippen LogP contribution is -2.37. The van der Waals surface area contributed by atoms with Gasteiger partial charge in [0.1, 0.15) is 0 Å². The van der Waals surface area contributed by atoms with E-state index < -0.39 is 64.2 Å². The minimum Gasteiger partial charge on any atom is -0.395 e. The van der Waals surface area contributed by atoms with E-state index in [2.05, 4.69) is 11.3 Å². The Bertz CT molecular complexity index is 717. The van der Waals surface area contributed by atoms with E-state index >= 15 is 0 Å². The summed E-state index contributed by atoms with van der Waals surface area (Å²) >= 11 is 0. The molecule has 1 atom stereocenters. The molecule has 0 fully saturated rings. The van der Waals surface area contributed by atoms with Crippen molar-refractivity contribution in [1.82, 2.24) is 4.72 Å². The van der Waals surface area contributed by atoms with Crippen molar-refractivity contribution >= 4 is 10.0 Å².